The molecule has 0 aliphatic heterocycles. The lowest BCUT2D eigenvalue weighted by Gasteiger charge is -2.12. The van der Waals surface area contributed by atoms with E-state index in [2.05, 4.69) is 14.9 Å². The first-order valence-corrected chi connectivity index (χ1v) is 11.2. The Morgan fingerprint density at radius 1 is 1.07 bits per heavy atom. The zero-order valence-electron chi connectivity index (χ0n) is 15.1. The van der Waals surface area contributed by atoms with E-state index >= 15 is 0 Å². The van der Waals surface area contributed by atoms with Crippen molar-refractivity contribution in [2.24, 2.45) is 0 Å². The Hall–Kier alpha value is -3.04. The van der Waals surface area contributed by atoms with Crippen LogP contribution in [0.4, 0.5) is 10.1 Å². The summed E-state index contributed by atoms with van der Waals surface area (Å²) >= 11 is 1.51. The molecule has 4 rings (SSSR count). The van der Waals surface area contributed by atoms with Crippen molar-refractivity contribution in [1.82, 2.24) is 10.1 Å². The molecule has 0 saturated carbocycles. The van der Waals surface area contributed by atoms with E-state index in [0.29, 0.717) is 28.5 Å². The van der Waals surface area contributed by atoms with Gasteiger partial charge >= 0.3 is 0 Å². The van der Waals surface area contributed by atoms with Crippen LogP contribution in [0, 0.1) is 5.82 Å². The van der Waals surface area contributed by atoms with E-state index in [9.17, 15) is 12.8 Å². The normalized spacial score (nSPS) is 11.5. The van der Waals surface area contributed by atoms with Crippen molar-refractivity contribution in [3.05, 3.63) is 88.9 Å². The topological polar surface area (TPSA) is 85.1 Å². The molecule has 0 bridgehead atoms. The SMILES string of the molecule is O=S(=O)(Cc1cccc(F)c1)Nc1ccccc1Cc1nc(-c2cccs2)no1. The maximum Gasteiger partial charge on any atom is 0.236 e. The molecule has 0 aliphatic rings. The number of sulfonamides is 1. The zero-order chi connectivity index (χ0) is 20.3. The van der Waals surface area contributed by atoms with Gasteiger partial charge in [0.2, 0.25) is 21.7 Å². The van der Waals surface area contributed by atoms with Gasteiger partial charge < -0.3 is 4.52 Å². The number of benzene rings is 2. The van der Waals surface area contributed by atoms with Gasteiger partial charge in [-0.1, -0.05) is 41.6 Å². The van der Waals surface area contributed by atoms with E-state index in [1.54, 1.807) is 30.3 Å². The van der Waals surface area contributed by atoms with Gasteiger partial charge in [-0.25, -0.2) is 12.8 Å². The number of aromatic nitrogens is 2. The molecule has 0 amide bonds. The van der Waals surface area contributed by atoms with Gasteiger partial charge in [-0.2, -0.15) is 4.98 Å². The Bertz CT molecular complexity index is 1220. The summed E-state index contributed by atoms with van der Waals surface area (Å²) < 4.78 is 46.3. The predicted molar refractivity (Wildman–Crippen MR) is 110 cm³/mol. The van der Waals surface area contributed by atoms with E-state index in [1.165, 1.54) is 29.5 Å². The zero-order valence-corrected chi connectivity index (χ0v) is 16.7. The third-order valence-electron chi connectivity index (χ3n) is 4.08. The highest BCUT2D eigenvalue weighted by Gasteiger charge is 2.16. The van der Waals surface area contributed by atoms with Gasteiger partial charge in [0.05, 0.1) is 22.7 Å². The summed E-state index contributed by atoms with van der Waals surface area (Å²) in [7, 11) is -3.73. The molecule has 2 aromatic heterocycles. The van der Waals surface area contributed by atoms with Crippen molar-refractivity contribution in [3.8, 4) is 10.7 Å². The number of hydrogen-bond acceptors (Lipinski definition) is 6. The fourth-order valence-corrected chi connectivity index (χ4v) is 4.69. The highest BCUT2D eigenvalue weighted by Crippen LogP contribution is 2.24. The number of nitrogens with one attached hydrogen (secondary N) is 1. The molecular weight excluding hydrogens is 413 g/mol. The highest BCUT2D eigenvalue weighted by atomic mass is 32.2. The quantitative estimate of drug-likeness (QED) is 0.469. The molecule has 0 radical (unpaired) electrons. The molecule has 29 heavy (non-hydrogen) atoms. The average Bonchev–Trinajstić information content (AvgIpc) is 3.34. The largest absolute Gasteiger partial charge is 0.339 e. The molecule has 0 spiro atoms. The van der Waals surface area contributed by atoms with Crippen molar-refractivity contribution >= 4 is 27.0 Å². The Morgan fingerprint density at radius 2 is 1.93 bits per heavy atom. The molecular formula is C20H16FN3O3S2. The second-order valence-corrected chi connectivity index (χ2v) is 8.98. The number of anilines is 1. The van der Waals surface area contributed by atoms with Crippen LogP contribution < -0.4 is 4.72 Å². The van der Waals surface area contributed by atoms with Gasteiger partial charge in [0, 0.05) is 0 Å². The second kappa shape index (κ2) is 8.14. The standard InChI is InChI=1S/C20H16FN3O3S2/c21-16-7-3-5-14(11-16)13-29(25,26)24-17-8-2-1-6-15(17)12-19-22-20(23-27-19)18-9-4-10-28-18/h1-11,24H,12-13H2. The third-order valence-corrected chi connectivity index (χ3v) is 6.19. The monoisotopic (exact) mass is 429 g/mol. The van der Waals surface area contributed by atoms with Crippen LogP contribution in [-0.4, -0.2) is 18.6 Å². The smallest absolute Gasteiger partial charge is 0.236 e. The molecule has 0 aliphatic carbocycles. The Labute approximate surface area is 171 Å². The molecule has 6 nitrogen and oxygen atoms in total. The fourth-order valence-electron chi connectivity index (χ4n) is 2.82. The van der Waals surface area contributed by atoms with E-state index in [1.807, 2.05) is 17.5 Å². The first kappa shape index (κ1) is 19.3. The molecule has 4 aromatic rings. The average molecular weight is 429 g/mol. The van der Waals surface area contributed by atoms with Gasteiger partial charge in [-0.05, 0) is 40.8 Å². The van der Waals surface area contributed by atoms with Crippen LogP contribution in [0.3, 0.4) is 0 Å². The number of para-hydroxylation sites is 1. The van der Waals surface area contributed by atoms with E-state index < -0.39 is 15.8 Å². The molecule has 0 fully saturated rings. The van der Waals surface area contributed by atoms with Gasteiger partial charge in [0.25, 0.3) is 0 Å². The van der Waals surface area contributed by atoms with Crippen molar-refractivity contribution in [2.75, 3.05) is 4.72 Å². The Kier molecular flexibility index (Phi) is 5.41. The van der Waals surface area contributed by atoms with E-state index in [0.717, 1.165) is 4.88 Å². The molecule has 1 N–H and O–H groups in total. The molecule has 148 valence electrons. The Balaban J connectivity index is 1.52. The second-order valence-electron chi connectivity index (χ2n) is 6.31. The summed E-state index contributed by atoms with van der Waals surface area (Å²) in [5.41, 5.74) is 1.48. The maximum atomic E-state index is 13.3. The minimum atomic E-state index is -3.73. The summed E-state index contributed by atoms with van der Waals surface area (Å²) in [5.74, 6) is 0.0720. The first-order valence-electron chi connectivity index (χ1n) is 8.68. The van der Waals surface area contributed by atoms with Crippen LogP contribution >= 0.6 is 11.3 Å². The van der Waals surface area contributed by atoms with Crippen LogP contribution in [0.15, 0.2) is 70.6 Å². The van der Waals surface area contributed by atoms with E-state index in [-0.39, 0.29) is 12.2 Å². The summed E-state index contributed by atoms with van der Waals surface area (Å²) in [6.45, 7) is 0. The lowest BCUT2D eigenvalue weighted by atomic mass is 10.1. The Morgan fingerprint density at radius 3 is 2.72 bits per heavy atom. The van der Waals surface area contributed by atoms with Crippen LogP contribution in [0.2, 0.25) is 0 Å². The van der Waals surface area contributed by atoms with E-state index in [4.69, 9.17) is 4.52 Å². The van der Waals surface area contributed by atoms with Crippen molar-refractivity contribution in [3.63, 3.8) is 0 Å². The number of rotatable bonds is 7. The van der Waals surface area contributed by atoms with Gasteiger partial charge in [0.15, 0.2) is 0 Å². The predicted octanol–water partition coefficient (Wildman–Crippen LogP) is 4.47. The maximum absolute atomic E-state index is 13.3. The highest BCUT2D eigenvalue weighted by molar-refractivity contribution is 7.91. The summed E-state index contributed by atoms with van der Waals surface area (Å²) in [5, 5.41) is 5.90. The van der Waals surface area contributed by atoms with Gasteiger partial charge in [-0.3, -0.25) is 4.72 Å². The molecule has 0 unspecified atom stereocenters. The lowest BCUT2D eigenvalue weighted by molar-refractivity contribution is 0.386. The van der Waals surface area contributed by atoms with Gasteiger partial charge in [0.1, 0.15) is 5.82 Å². The van der Waals surface area contributed by atoms with Crippen LogP contribution in [0.25, 0.3) is 10.7 Å². The van der Waals surface area contributed by atoms with Crippen LogP contribution in [0.1, 0.15) is 17.0 Å². The molecule has 9 heteroatoms. The summed E-state index contributed by atoms with van der Waals surface area (Å²) in [4.78, 5) is 5.27. The van der Waals surface area contributed by atoms with Crippen molar-refractivity contribution < 1.29 is 17.3 Å². The molecule has 0 saturated heterocycles. The molecule has 0 atom stereocenters. The summed E-state index contributed by atoms with van der Waals surface area (Å²) in [6, 6.07) is 16.3. The van der Waals surface area contributed by atoms with Crippen molar-refractivity contribution in [1.29, 1.82) is 0 Å². The molecule has 2 heterocycles. The third kappa shape index (κ3) is 4.87. The van der Waals surface area contributed by atoms with Crippen molar-refractivity contribution in [2.45, 2.75) is 12.2 Å². The number of nitrogens with zero attached hydrogens (tertiary/aromatic N) is 2. The number of hydrogen-bond donors (Lipinski definition) is 1. The fraction of sp³-hybridized carbons (Fsp3) is 0.100. The van der Waals surface area contributed by atoms with Crippen LogP contribution in [0.5, 0.6) is 0 Å². The molecule has 2 aromatic carbocycles. The number of halogens is 1. The van der Waals surface area contributed by atoms with Gasteiger partial charge in [-0.15, -0.1) is 11.3 Å². The minimum absolute atomic E-state index is 0.275. The summed E-state index contributed by atoms with van der Waals surface area (Å²) in [6.07, 6.45) is 0.275. The van der Waals surface area contributed by atoms with Crippen LogP contribution in [-0.2, 0) is 22.2 Å². The number of thiophene rings is 1. The lowest BCUT2D eigenvalue weighted by Crippen LogP contribution is -2.16. The first-order chi connectivity index (χ1) is 14.0. The minimum Gasteiger partial charge on any atom is -0.339 e.